The van der Waals surface area contributed by atoms with Crippen LogP contribution in [0.3, 0.4) is 0 Å². The molecule has 2 N–H and O–H groups in total. The van der Waals surface area contributed by atoms with E-state index in [2.05, 4.69) is 19.2 Å². The first-order chi connectivity index (χ1) is 8.09. The SMILES string of the molecule is CC(NCC1(C)CCCO1)c1ccc(O)cc1. The second kappa shape index (κ2) is 5.07. The highest BCUT2D eigenvalue weighted by molar-refractivity contribution is 5.27. The quantitative estimate of drug-likeness (QED) is 0.843. The maximum atomic E-state index is 9.24. The lowest BCUT2D eigenvalue weighted by molar-refractivity contribution is 0.0191. The Hall–Kier alpha value is -1.06. The van der Waals surface area contributed by atoms with E-state index in [1.807, 2.05) is 12.1 Å². The highest BCUT2D eigenvalue weighted by Gasteiger charge is 2.29. The predicted molar refractivity (Wildman–Crippen MR) is 68.1 cm³/mol. The normalized spacial score (nSPS) is 26.0. The van der Waals surface area contributed by atoms with Crippen molar-refractivity contribution >= 4 is 0 Å². The summed E-state index contributed by atoms with van der Waals surface area (Å²) in [5.41, 5.74) is 1.18. The number of benzene rings is 1. The number of ether oxygens (including phenoxy) is 1. The van der Waals surface area contributed by atoms with Gasteiger partial charge in [0.15, 0.2) is 0 Å². The predicted octanol–water partition coefficient (Wildman–Crippen LogP) is 2.61. The molecule has 0 spiro atoms. The molecule has 1 fully saturated rings. The number of rotatable bonds is 4. The second-order valence-electron chi connectivity index (χ2n) is 5.10. The van der Waals surface area contributed by atoms with E-state index in [4.69, 9.17) is 4.74 Å². The van der Waals surface area contributed by atoms with Gasteiger partial charge in [-0.05, 0) is 44.4 Å². The second-order valence-corrected chi connectivity index (χ2v) is 5.10. The van der Waals surface area contributed by atoms with Gasteiger partial charge in [0.05, 0.1) is 5.60 Å². The molecule has 1 aliphatic heterocycles. The van der Waals surface area contributed by atoms with E-state index < -0.39 is 0 Å². The van der Waals surface area contributed by atoms with Crippen molar-refractivity contribution in [1.29, 1.82) is 0 Å². The van der Waals surface area contributed by atoms with Crippen LogP contribution in [0.4, 0.5) is 0 Å². The van der Waals surface area contributed by atoms with Crippen LogP contribution in [0.1, 0.15) is 38.3 Å². The zero-order chi connectivity index (χ0) is 12.3. The molecule has 3 heteroatoms. The lowest BCUT2D eigenvalue weighted by Gasteiger charge is -2.26. The Kier molecular flexibility index (Phi) is 3.69. The smallest absolute Gasteiger partial charge is 0.115 e. The standard InChI is InChI=1S/C14H21NO2/c1-11(12-4-6-13(16)7-5-12)15-10-14(2)8-3-9-17-14/h4-7,11,15-16H,3,8-10H2,1-2H3. The minimum absolute atomic E-state index is 0.00875. The van der Waals surface area contributed by atoms with E-state index >= 15 is 0 Å². The number of hydrogen-bond acceptors (Lipinski definition) is 3. The van der Waals surface area contributed by atoms with Crippen LogP contribution >= 0.6 is 0 Å². The molecule has 94 valence electrons. The van der Waals surface area contributed by atoms with Gasteiger partial charge in [0.2, 0.25) is 0 Å². The molecule has 0 aliphatic carbocycles. The summed E-state index contributed by atoms with van der Waals surface area (Å²) in [4.78, 5) is 0. The van der Waals surface area contributed by atoms with E-state index in [-0.39, 0.29) is 11.6 Å². The largest absolute Gasteiger partial charge is 0.508 e. The average molecular weight is 235 g/mol. The molecule has 0 radical (unpaired) electrons. The van der Waals surface area contributed by atoms with Crippen molar-refractivity contribution < 1.29 is 9.84 Å². The van der Waals surface area contributed by atoms with Gasteiger partial charge in [0.1, 0.15) is 5.75 Å². The molecule has 0 bridgehead atoms. The molecule has 1 saturated heterocycles. The van der Waals surface area contributed by atoms with Gasteiger partial charge >= 0.3 is 0 Å². The van der Waals surface area contributed by atoms with E-state index in [1.54, 1.807) is 12.1 Å². The molecule has 3 nitrogen and oxygen atoms in total. The third-order valence-corrected chi connectivity index (χ3v) is 3.48. The zero-order valence-corrected chi connectivity index (χ0v) is 10.6. The number of hydrogen-bond donors (Lipinski definition) is 2. The summed E-state index contributed by atoms with van der Waals surface area (Å²) in [7, 11) is 0. The molecule has 1 aromatic rings. The highest BCUT2D eigenvalue weighted by Crippen LogP contribution is 2.25. The molecule has 0 amide bonds. The lowest BCUT2D eigenvalue weighted by Crippen LogP contribution is -2.38. The van der Waals surface area contributed by atoms with Gasteiger partial charge in [0.25, 0.3) is 0 Å². The molecule has 1 heterocycles. The van der Waals surface area contributed by atoms with Crippen molar-refractivity contribution in [2.45, 2.75) is 38.3 Å². The molecule has 2 rings (SSSR count). The molecule has 0 saturated carbocycles. The van der Waals surface area contributed by atoms with Crippen LogP contribution in [0.15, 0.2) is 24.3 Å². The van der Waals surface area contributed by atoms with Crippen LogP contribution in [0.25, 0.3) is 0 Å². The van der Waals surface area contributed by atoms with Gasteiger partial charge in [-0.2, -0.15) is 0 Å². The minimum atomic E-state index is -0.00875. The summed E-state index contributed by atoms with van der Waals surface area (Å²) >= 11 is 0. The fourth-order valence-electron chi connectivity index (χ4n) is 2.23. The van der Waals surface area contributed by atoms with E-state index in [0.29, 0.717) is 5.75 Å². The van der Waals surface area contributed by atoms with Gasteiger partial charge in [-0.15, -0.1) is 0 Å². The topological polar surface area (TPSA) is 41.5 Å². The Morgan fingerprint density at radius 3 is 2.71 bits per heavy atom. The summed E-state index contributed by atoms with van der Waals surface area (Å²) in [5.74, 6) is 0.312. The molecule has 1 aromatic carbocycles. The van der Waals surface area contributed by atoms with Crippen molar-refractivity contribution in [2.75, 3.05) is 13.2 Å². The fourth-order valence-corrected chi connectivity index (χ4v) is 2.23. The molecule has 1 aliphatic rings. The van der Waals surface area contributed by atoms with Crippen LogP contribution in [-0.4, -0.2) is 23.9 Å². The van der Waals surface area contributed by atoms with Crippen LogP contribution in [0.2, 0.25) is 0 Å². The number of nitrogens with one attached hydrogen (secondary N) is 1. The highest BCUT2D eigenvalue weighted by atomic mass is 16.5. The van der Waals surface area contributed by atoms with Gasteiger partial charge in [-0.1, -0.05) is 12.1 Å². The minimum Gasteiger partial charge on any atom is -0.508 e. The first-order valence-electron chi connectivity index (χ1n) is 6.25. The zero-order valence-electron chi connectivity index (χ0n) is 10.6. The van der Waals surface area contributed by atoms with Crippen LogP contribution in [0.5, 0.6) is 5.75 Å². The molecular weight excluding hydrogens is 214 g/mol. The Morgan fingerprint density at radius 2 is 2.12 bits per heavy atom. The first kappa shape index (κ1) is 12.4. The maximum Gasteiger partial charge on any atom is 0.115 e. The Balaban J connectivity index is 1.88. The Labute approximate surface area is 103 Å². The van der Waals surface area contributed by atoms with Crippen molar-refractivity contribution in [3.63, 3.8) is 0 Å². The lowest BCUT2D eigenvalue weighted by atomic mass is 10.0. The summed E-state index contributed by atoms with van der Waals surface area (Å²) in [6, 6.07) is 7.62. The van der Waals surface area contributed by atoms with Gasteiger partial charge in [-0.25, -0.2) is 0 Å². The molecular formula is C14H21NO2. The van der Waals surface area contributed by atoms with Gasteiger partial charge in [0, 0.05) is 19.2 Å². The van der Waals surface area contributed by atoms with Crippen molar-refractivity contribution in [3.05, 3.63) is 29.8 Å². The van der Waals surface area contributed by atoms with E-state index in [1.165, 1.54) is 5.56 Å². The Morgan fingerprint density at radius 1 is 1.41 bits per heavy atom. The van der Waals surface area contributed by atoms with E-state index in [0.717, 1.165) is 26.0 Å². The third kappa shape index (κ3) is 3.20. The summed E-state index contributed by atoms with van der Waals surface area (Å²) in [6.45, 7) is 6.04. The van der Waals surface area contributed by atoms with Gasteiger partial charge < -0.3 is 15.2 Å². The number of phenols is 1. The fraction of sp³-hybridized carbons (Fsp3) is 0.571. The summed E-state index contributed by atoms with van der Waals surface area (Å²) in [5, 5.41) is 12.7. The molecule has 0 aromatic heterocycles. The Bertz CT molecular complexity index is 355. The van der Waals surface area contributed by atoms with Crippen molar-refractivity contribution in [2.24, 2.45) is 0 Å². The van der Waals surface area contributed by atoms with Crippen LogP contribution in [0, 0.1) is 0 Å². The molecule has 2 atom stereocenters. The maximum absolute atomic E-state index is 9.24. The molecule has 17 heavy (non-hydrogen) atoms. The summed E-state index contributed by atoms with van der Waals surface area (Å²) < 4.78 is 5.74. The third-order valence-electron chi connectivity index (χ3n) is 3.48. The average Bonchev–Trinajstić information content (AvgIpc) is 2.75. The molecule has 2 unspecified atom stereocenters. The van der Waals surface area contributed by atoms with Crippen LogP contribution in [-0.2, 0) is 4.74 Å². The first-order valence-corrected chi connectivity index (χ1v) is 6.25. The van der Waals surface area contributed by atoms with Gasteiger partial charge in [-0.3, -0.25) is 0 Å². The van der Waals surface area contributed by atoms with Crippen molar-refractivity contribution in [1.82, 2.24) is 5.32 Å². The monoisotopic (exact) mass is 235 g/mol. The van der Waals surface area contributed by atoms with E-state index in [9.17, 15) is 5.11 Å². The number of phenolic OH excluding ortho intramolecular Hbond substituents is 1. The van der Waals surface area contributed by atoms with Crippen molar-refractivity contribution in [3.8, 4) is 5.75 Å². The number of aromatic hydroxyl groups is 1. The van der Waals surface area contributed by atoms with Crippen LogP contribution < -0.4 is 5.32 Å². The summed E-state index contributed by atoms with van der Waals surface area (Å²) in [6.07, 6.45) is 2.29.